The standard InChI is InChI=1S/C25H25ClFN5O2S/c26-22-6-3-18(27)13-21(22)24(33)29-19-4-1-17(2-5-19)25(34)32-14-20(15-32)31-10-8-30(9-11-31)16-23-28-7-12-35-23/h1-7,12-13,20H,8-11,14-16H2,(H,29,33). The van der Waals surface area contributed by atoms with E-state index in [4.69, 9.17) is 11.6 Å². The molecule has 5 rings (SSSR count). The number of rotatable bonds is 6. The zero-order valence-corrected chi connectivity index (χ0v) is 20.6. The Labute approximate surface area is 212 Å². The van der Waals surface area contributed by atoms with E-state index in [1.54, 1.807) is 35.6 Å². The molecule has 2 fully saturated rings. The average Bonchev–Trinajstić information content (AvgIpc) is 3.34. The number of likely N-dealkylation sites (tertiary alicyclic amines) is 1. The molecule has 2 aliphatic rings. The van der Waals surface area contributed by atoms with Gasteiger partial charge in [-0.2, -0.15) is 0 Å². The fraction of sp³-hybridized carbons (Fsp3) is 0.320. The van der Waals surface area contributed by atoms with E-state index in [1.165, 1.54) is 12.1 Å². The molecule has 0 spiro atoms. The van der Waals surface area contributed by atoms with Crippen molar-refractivity contribution in [2.24, 2.45) is 0 Å². The van der Waals surface area contributed by atoms with Gasteiger partial charge in [0, 0.05) is 68.1 Å². The molecule has 7 nitrogen and oxygen atoms in total. The van der Waals surface area contributed by atoms with Crippen molar-refractivity contribution in [1.29, 1.82) is 0 Å². The minimum atomic E-state index is -0.536. The van der Waals surface area contributed by atoms with Gasteiger partial charge >= 0.3 is 0 Å². The van der Waals surface area contributed by atoms with Gasteiger partial charge in [0.05, 0.1) is 17.1 Å². The summed E-state index contributed by atoms with van der Waals surface area (Å²) in [5.74, 6) is -1.06. The van der Waals surface area contributed by atoms with E-state index in [1.807, 2.05) is 16.5 Å². The highest BCUT2D eigenvalue weighted by molar-refractivity contribution is 7.09. The van der Waals surface area contributed by atoms with Gasteiger partial charge in [-0.3, -0.25) is 19.4 Å². The van der Waals surface area contributed by atoms with Crippen LogP contribution in [0.25, 0.3) is 0 Å². The van der Waals surface area contributed by atoms with Crippen molar-refractivity contribution in [3.05, 3.63) is 81.0 Å². The molecule has 2 aliphatic heterocycles. The third kappa shape index (κ3) is 5.54. The first kappa shape index (κ1) is 23.9. The summed E-state index contributed by atoms with van der Waals surface area (Å²) in [6, 6.07) is 10.7. The Morgan fingerprint density at radius 1 is 1.09 bits per heavy atom. The van der Waals surface area contributed by atoms with Crippen LogP contribution in [0.15, 0.2) is 54.0 Å². The maximum Gasteiger partial charge on any atom is 0.257 e. The number of carbonyl (C=O) groups is 2. The van der Waals surface area contributed by atoms with Crippen LogP contribution in [0.3, 0.4) is 0 Å². The Hall–Kier alpha value is -2.85. The molecule has 0 aliphatic carbocycles. The summed E-state index contributed by atoms with van der Waals surface area (Å²) in [5, 5.41) is 6.03. The first-order valence-electron chi connectivity index (χ1n) is 11.5. The van der Waals surface area contributed by atoms with E-state index < -0.39 is 11.7 Å². The summed E-state index contributed by atoms with van der Waals surface area (Å²) in [6.45, 7) is 6.38. The van der Waals surface area contributed by atoms with Crippen molar-refractivity contribution in [3.63, 3.8) is 0 Å². The normalized spacial score (nSPS) is 17.3. The summed E-state index contributed by atoms with van der Waals surface area (Å²) in [6.07, 6.45) is 1.85. The Bertz CT molecular complexity index is 1190. The van der Waals surface area contributed by atoms with Crippen molar-refractivity contribution >= 4 is 40.4 Å². The van der Waals surface area contributed by atoms with Crippen LogP contribution in [0, 0.1) is 5.82 Å². The molecule has 0 unspecified atom stereocenters. The van der Waals surface area contributed by atoms with Gasteiger partial charge in [-0.25, -0.2) is 9.37 Å². The molecular weight excluding hydrogens is 489 g/mol. The average molecular weight is 514 g/mol. The van der Waals surface area contributed by atoms with Gasteiger partial charge in [0.25, 0.3) is 11.8 Å². The molecule has 3 aromatic rings. The van der Waals surface area contributed by atoms with E-state index in [-0.39, 0.29) is 16.5 Å². The second-order valence-corrected chi connectivity index (χ2v) is 10.1. The zero-order valence-electron chi connectivity index (χ0n) is 19.0. The van der Waals surface area contributed by atoms with Crippen molar-refractivity contribution in [3.8, 4) is 0 Å². The van der Waals surface area contributed by atoms with Crippen LogP contribution < -0.4 is 5.32 Å². The largest absolute Gasteiger partial charge is 0.335 e. The Morgan fingerprint density at radius 3 is 2.51 bits per heavy atom. The molecule has 0 radical (unpaired) electrons. The molecule has 0 atom stereocenters. The van der Waals surface area contributed by atoms with E-state index in [0.717, 1.165) is 56.9 Å². The van der Waals surface area contributed by atoms with Gasteiger partial charge in [0.2, 0.25) is 0 Å². The SMILES string of the molecule is O=C(Nc1ccc(C(=O)N2CC(N3CCN(Cc4nccs4)CC3)C2)cc1)c1cc(F)ccc1Cl. The first-order chi connectivity index (χ1) is 17.0. The van der Waals surface area contributed by atoms with Crippen LogP contribution in [-0.2, 0) is 6.54 Å². The highest BCUT2D eigenvalue weighted by Crippen LogP contribution is 2.22. The second-order valence-electron chi connectivity index (χ2n) is 8.76. The molecule has 10 heteroatoms. The highest BCUT2D eigenvalue weighted by atomic mass is 35.5. The zero-order chi connectivity index (χ0) is 24.4. The maximum atomic E-state index is 13.4. The quantitative estimate of drug-likeness (QED) is 0.542. The number of anilines is 1. The topological polar surface area (TPSA) is 68.8 Å². The van der Waals surface area contributed by atoms with Crippen molar-refractivity contribution < 1.29 is 14.0 Å². The van der Waals surface area contributed by atoms with E-state index in [9.17, 15) is 14.0 Å². The molecule has 182 valence electrons. The predicted molar refractivity (Wildman–Crippen MR) is 134 cm³/mol. The molecule has 0 bridgehead atoms. The fourth-order valence-electron chi connectivity index (χ4n) is 4.41. The second kappa shape index (κ2) is 10.4. The monoisotopic (exact) mass is 513 g/mol. The molecule has 2 saturated heterocycles. The number of halogens is 2. The number of benzene rings is 2. The number of thiazole rings is 1. The first-order valence-corrected chi connectivity index (χ1v) is 12.7. The lowest BCUT2D eigenvalue weighted by atomic mass is 10.0. The number of hydrogen-bond acceptors (Lipinski definition) is 6. The van der Waals surface area contributed by atoms with Gasteiger partial charge < -0.3 is 10.2 Å². The third-order valence-electron chi connectivity index (χ3n) is 6.48. The van der Waals surface area contributed by atoms with Crippen molar-refractivity contribution in [2.45, 2.75) is 12.6 Å². The molecule has 35 heavy (non-hydrogen) atoms. The van der Waals surface area contributed by atoms with Gasteiger partial charge in [-0.1, -0.05) is 11.6 Å². The number of nitrogens with zero attached hydrogens (tertiary/aromatic N) is 4. The predicted octanol–water partition coefficient (Wildman–Crippen LogP) is 3.83. The summed E-state index contributed by atoms with van der Waals surface area (Å²) in [4.78, 5) is 36.4. The molecule has 2 aromatic carbocycles. The van der Waals surface area contributed by atoms with E-state index in [2.05, 4.69) is 20.1 Å². The van der Waals surface area contributed by atoms with Gasteiger partial charge in [-0.05, 0) is 42.5 Å². The Kier molecular flexibility index (Phi) is 7.10. The Morgan fingerprint density at radius 2 is 1.83 bits per heavy atom. The van der Waals surface area contributed by atoms with Crippen LogP contribution in [0.2, 0.25) is 5.02 Å². The number of hydrogen-bond donors (Lipinski definition) is 1. The third-order valence-corrected chi connectivity index (χ3v) is 7.57. The van der Waals surface area contributed by atoms with Crippen LogP contribution >= 0.6 is 22.9 Å². The molecule has 1 aromatic heterocycles. The fourth-order valence-corrected chi connectivity index (χ4v) is 5.27. The van der Waals surface area contributed by atoms with Crippen molar-refractivity contribution in [1.82, 2.24) is 19.7 Å². The minimum Gasteiger partial charge on any atom is -0.335 e. The lowest BCUT2D eigenvalue weighted by molar-refractivity contribution is 0.00648. The molecule has 0 saturated carbocycles. The number of amides is 2. The number of carbonyl (C=O) groups excluding carboxylic acids is 2. The Balaban J connectivity index is 1.09. The van der Waals surface area contributed by atoms with Crippen LogP contribution in [-0.4, -0.2) is 76.8 Å². The molecule has 2 amide bonds. The van der Waals surface area contributed by atoms with E-state index >= 15 is 0 Å². The smallest absolute Gasteiger partial charge is 0.257 e. The number of aromatic nitrogens is 1. The summed E-state index contributed by atoms with van der Waals surface area (Å²) in [5.41, 5.74) is 1.13. The van der Waals surface area contributed by atoms with Gasteiger partial charge in [0.15, 0.2) is 0 Å². The summed E-state index contributed by atoms with van der Waals surface area (Å²) < 4.78 is 13.4. The highest BCUT2D eigenvalue weighted by Gasteiger charge is 2.36. The van der Waals surface area contributed by atoms with Gasteiger partial charge in [-0.15, -0.1) is 11.3 Å². The van der Waals surface area contributed by atoms with Crippen molar-refractivity contribution in [2.75, 3.05) is 44.6 Å². The van der Waals surface area contributed by atoms with Crippen LogP contribution in [0.5, 0.6) is 0 Å². The molecule has 1 N–H and O–H groups in total. The lowest BCUT2D eigenvalue weighted by Gasteiger charge is -2.48. The maximum absolute atomic E-state index is 13.4. The number of nitrogens with one attached hydrogen (secondary N) is 1. The summed E-state index contributed by atoms with van der Waals surface area (Å²) >= 11 is 7.69. The summed E-state index contributed by atoms with van der Waals surface area (Å²) in [7, 11) is 0. The molecular formula is C25H25ClFN5O2S. The van der Waals surface area contributed by atoms with Crippen LogP contribution in [0.4, 0.5) is 10.1 Å². The van der Waals surface area contributed by atoms with Gasteiger partial charge in [0.1, 0.15) is 10.8 Å². The molecule has 3 heterocycles. The van der Waals surface area contributed by atoms with E-state index in [0.29, 0.717) is 17.3 Å². The minimum absolute atomic E-state index is 0.0188. The lowest BCUT2D eigenvalue weighted by Crippen LogP contribution is -2.64. The van der Waals surface area contributed by atoms with Crippen LogP contribution in [0.1, 0.15) is 25.7 Å². The number of piperazine rings is 1.